The summed E-state index contributed by atoms with van der Waals surface area (Å²) in [5.41, 5.74) is 1.84. The molecular formula is C15H14N2O. The topological polar surface area (TPSA) is 45.0 Å². The van der Waals surface area contributed by atoms with Gasteiger partial charge in [0.1, 0.15) is 11.5 Å². The van der Waals surface area contributed by atoms with E-state index in [1.165, 1.54) is 5.56 Å². The van der Waals surface area contributed by atoms with Gasteiger partial charge in [-0.25, -0.2) is 0 Å². The van der Waals surface area contributed by atoms with Gasteiger partial charge in [-0.15, -0.1) is 0 Å². The van der Waals surface area contributed by atoms with E-state index in [1.807, 2.05) is 31.3 Å². The Hall–Kier alpha value is -2.31. The molecule has 1 N–H and O–H groups in total. The van der Waals surface area contributed by atoms with Crippen LogP contribution in [0.4, 0.5) is 0 Å². The Balaban J connectivity index is 2.06. The molecule has 0 aliphatic rings. The molecule has 0 radical (unpaired) electrons. The summed E-state index contributed by atoms with van der Waals surface area (Å²) in [4.78, 5) is 0. The largest absolute Gasteiger partial charge is 0.457 e. The standard InChI is InChI=1S/C15H14N2O/c1-17-11-13-4-8-15(9-5-13)18-14-6-2-12(10-16)3-7-14/h2-9,17H,11H2,1H3. The molecular weight excluding hydrogens is 224 g/mol. The van der Waals surface area contributed by atoms with Gasteiger partial charge in [0.2, 0.25) is 0 Å². The Labute approximate surface area is 107 Å². The highest BCUT2D eigenvalue weighted by Crippen LogP contribution is 2.21. The van der Waals surface area contributed by atoms with E-state index in [-0.39, 0.29) is 0 Å². The summed E-state index contributed by atoms with van der Waals surface area (Å²) in [6, 6.07) is 17.1. The highest BCUT2D eigenvalue weighted by atomic mass is 16.5. The van der Waals surface area contributed by atoms with Crippen LogP contribution in [0, 0.1) is 11.3 Å². The van der Waals surface area contributed by atoms with Crippen LogP contribution in [-0.4, -0.2) is 7.05 Å². The van der Waals surface area contributed by atoms with Crippen molar-refractivity contribution in [2.75, 3.05) is 7.05 Å². The van der Waals surface area contributed by atoms with Gasteiger partial charge >= 0.3 is 0 Å². The first-order chi connectivity index (χ1) is 8.81. The normalized spacial score (nSPS) is 9.78. The van der Waals surface area contributed by atoms with Gasteiger partial charge in [-0.3, -0.25) is 0 Å². The minimum Gasteiger partial charge on any atom is -0.457 e. The van der Waals surface area contributed by atoms with E-state index in [9.17, 15) is 0 Å². The molecule has 18 heavy (non-hydrogen) atoms. The van der Waals surface area contributed by atoms with Gasteiger partial charge in [-0.05, 0) is 49.0 Å². The quantitative estimate of drug-likeness (QED) is 0.890. The molecule has 0 unspecified atom stereocenters. The van der Waals surface area contributed by atoms with E-state index in [1.54, 1.807) is 24.3 Å². The van der Waals surface area contributed by atoms with Crippen molar-refractivity contribution in [1.82, 2.24) is 5.32 Å². The maximum Gasteiger partial charge on any atom is 0.127 e. The molecule has 0 saturated heterocycles. The third kappa shape index (κ3) is 3.09. The summed E-state index contributed by atoms with van der Waals surface area (Å²) >= 11 is 0. The monoisotopic (exact) mass is 238 g/mol. The molecule has 0 aliphatic carbocycles. The molecule has 3 nitrogen and oxygen atoms in total. The zero-order valence-corrected chi connectivity index (χ0v) is 10.2. The summed E-state index contributed by atoms with van der Waals surface area (Å²) in [6.45, 7) is 0.844. The first kappa shape index (κ1) is 12.2. The lowest BCUT2D eigenvalue weighted by atomic mass is 10.2. The van der Waals surface area contributed by atoms with Crippen molar-refractivity contribution in [3.05, 3.63) is 59.7 Å². The maximum atomic E-state index is 8.70. The van der Waals surface area contributed by atoms with Crippen LogP contribution in [0.25, 0.3) is 0 Å². The van der Waals surface area contributed by atoms with Crippen molar-refractivity contribution in [2.24, 2.45) is 0 Å². The fourth-order valence-electron chi connectivity index (χ4n) is 1.61. The van der Waals surface area contributed by atoms with Gasteiger partial charge in [0.05, 0.1) is 11.6 Å². The number of nitrogens with one attached hydrogen (secondary N) is 1. The molecule has 2 aromatic carbocycles. The van der Waals surface area contributed by atoms with Crippen LogP contribution in [0.15, 0.2) is 48.5 Å². The fraction of sp³-hybridized carbons (Fsp3) is 0.133. The molecule has 3 heteroatoms. The highest BCUT2D eigenvalue weighted by Gasteiger charge is 1.98. The van der Waals surface area contributed by atoms with E-state index in [2.05, 4.69) is 11.4 Å². The van der Waals surface area contributed by atoms with E-state index < -0.39 is 0 Å². The summed E-state index contributed by atoms with van der Waals surface area (Å²) in [5.74, 6) is 1.52. The Bertz CT molecular complexity index is 538. The van der Waals surface area contributed by atoms with Crippen molar-refractivity contribution < 1.29 is 4.74 Å². The van der Waals surface area contributed by atoms with Crippen LogP contribution in [0.5, 0.6) is 11.5 Å². The second-order valence-corrected chi connectivity index (χ2v) is 3.91. The second kappa shape index (κ2) is 5.85. The van der Waals surface area contributed by atoms with Gasteiger partial charge in [0, 0.05) is 6.54 Å². The average molecular weight is 238 g/mol. The zero-order valence-electron chi connectivity index (χ0n) is 10.2. The van der Waals surface area contributed by atoms with Crippen molar-refractivity contribution in [3.8, 4) is 17.6 Å². The number of ether oxygens (including phenoxy) is 1. The van der Waals surface area contributed by atoms with Crippen molar-refractivity contribution in [2.45, 2.75) is 6.54 Å². The lowest BCUT2D eigenvalue weighted by molar-refractivity contribution is 0.482. The highest BCUT2D eigenvalue weighted by molar-refractivity contribution is 5.37. The maximum absolute atomic E-state index is 8.70. The molecule has 0 saturated carbocycles. The van der Waals surface area contributed by atoms with Crippen LogP contribution >= 0.6 is 0 Å². The van der Waals surface area contributed by atoms with Crippen LogP contribution in [-0.2, 0) is 6.54 Å². The lowest BCUT2D eigenvalue weighted by Gasteiger charge is -2.06. The minimum absolute atomic E-state index is 0.631. The van der Waals surface area contributed by atoms with Crippen LogP contribution in [0.3, 0.4) is 0 Å². The molecule has 2 rings (SSSR count). The molecule has 0 heterocycles. The predicted molar refractivity (Wildman–Crippen MR) is 70.4 cm³/mol. The number of nitrogens with zero attached hydrogens (tertiary/aromatic N) is 1. The molecule has 0 aliphatic heterocycles. The summed E-state index contributed by atoms with van der Waals surface area (Å²) in [6.07, 6.45) is 0. The molecule has 0 aromatic heterocycles. The summed E-state index contributed by atoms with van der Waals surface area (Å²) in [7, 11) is 1.92. The van der Waals surface area contributed by atoms with Gasteiger partial charge in [0.25, 0.3) is 0 Å². The minimum atomic E-state index is 0.631. The zero-order chi connectivity index (χ0) is 12.8. The number of hydrogen-bond acceptors (Lipinski definition) is 3. The molecule has 0 atom stereocenters. The van der Waals surface area contributed by atoms with Gasteiger partial charge in [-0.1, -0.05) is 12.1 Å². The van der Waals surface area contributed by atoms with Gasteiger partial charge < -0.3 is 10.1 Å². The third-order valence-electron chi connectivity index (χ3n) is 2.52. The molecule has 0 spiro atoms. The Morgan fingerprint density at radius 2 is 1.56 bits per heavy atom. The predicted octanol–water partition coefficient (Wildman–Crippen LogP) is 3.07. The molecule has 0 amide bonds. The van der Waals surface area contributed by atoms with E-state index in [4.69, 9.17) is 10.00 Å². The van der Waals surface area contributed by atoms with Crippen molar-refractivity contribution >= 4 is 0 Å². The third-order valence-corrected chi connectivity index (χ3v) is 2.52. The first-order valence-electron chi connectivity index (χ1n) is 5.73. The molecule has 2 aromatic rings. The molecule has 0 bridgehead atoms. The summed E-state index contributed by atoms with van der Waals surface area (Å²) in [5, 5.41) is 11.8. The molecule has 90 valence electrons. The number of nitriles is 1. The van der Waals surface area contributed by atoms with E-state index >= 15 is 0 Å². The fourth-order valence-corrected chi connectivity index (χ4v) is 1.61. The Morgan fingerprint density at radius 1 is 1.00 bits per heavy atom. The van der Waals surface area contributed by atoms with Gasteiger partial charge in [0.15, 0.2) is 0 Å². The SMILES string of the molecule is CNCc1ccc(Oc2ccc(C#N)cc2)cc1. The van der Waals surface area contributed by atoms with Crippen molar-refractivity contribution in [3.63, 3.8) is 0 Å². The van der Waals surface area contributed by atoms with Crippen LogP contribution < -0.4 is 10.1 Å². The Kier molecular flexibility index (Phi) is 3.95. The number of hydrogen-bond donors (Lipinski definition) is 1. The molecule has 0 fully saturated rings. The summed E-state index contributed by atoms with van der Waals surface area (Å²) < 4.78 is 5.68. The van der Waals surface area contributed by atoms with Gasteiger partial charge in [-0.2, -0.15) is 5.26 Å². The average Bonchev–Trinajstić information content (AvgIpc) is 2.42. The lowest BCUT2D eigenvalue weighted by Crippen LogP contribution is -2.04. The second-order valence-electron chi connectivity index (χ2n) is 3.91. The van der Waals surface area contributed by atoms with Crippen LogP contribution in [0.2, 0.25) is 0 Å². The first-order valence-corrected chi connectivity index (χ1v) is 5.73. The van der Waals surface area contributed by atoms with Crippen LogP contribution in [0.1, 0.15) is 11.1 Å². The number of benzene rings is 2. The Morgan fingerprint density at radius 3 is 2.06 bits per heavy atom. The van der Waals surface area contributed by atoms with E-state index in [0.29, 0.717) is 5.56 Å². The van der Waals surface area contributed by atoms with Crippen molar-refractivity contribution in [1.29, 1.82) is 5.26 Å². The number of rotatable bonds is 4. The van der Waals surface area contributed by atoms with E-state index in [0.717, 1.165) is 18.0 Å². The smallest absolute Gasteiger partial charge is 0.127 e.